The van der Waals surface area contributed by atoms with Crippen LogP contribution in [0, 0.1) is 0 Å². The Morgan fingerprint density at radius 1 is 0.914 bits per heavy atom. The molecular formula is C25H28N4O5S. The summed E-state index contributed by atoms with van der Waals surface area (Å²) in [5.74, 6) is -2.13. The van der Waals surface area contributed by atoms with Crippen molar-refractivity contribution < 1.29 is 22.8 Å². The molecule has 2 heterocycles. The van der Waals surface area contributed by atoms with Crippen molar-refractivity contribution >= 4 is 44.1 Å². The van der Waals surface area contributed by atoms with Gasteiger partial charge in [-0.15, -0.1) is 0 Å². The second-order valence-corrected chi connectivity index (χ2v) is 10.6. The molecule has 0 saturated carbocycles. The highest BCUT2D eigenvalue weighted by atomic mass is 32.2. The van der Waals surface area contributed by atoms with Gasteiger partial charge in [0.2, 0.25) is 17.7 Å². The first kappa shape index (κ1) is 24.5. The molecule has 0 aliphatic carbocycles. The number of hydrogen-bond donors (Lipinski definition) is 2. The summed E-state index contributed by atoms with van der Waals surface area (Å²) < 4.78 is 28.1. The first-order valence-corrected chi connectivity index (χ1v) is 13.2. The number of nitrogens with one attached hydrogen (secondary N) is 1. The molecule has 3 N–H and O–H groups in total. The molecule has 0 unspecified atom stereocenters. The lowest BCUT2D eigenvalue weighted by atomic mass is 10.2. The van der Waals surface area contributed by atoms with Crippen LogP contribution in [0.25, 0.3) is 10.9 Å². The first-order chi connectivity index (χ1) is 16.7. The Kier molecular flexibility index (Phi) is 7.20. The van der Waals surface area contributed by atoms with Crippen LogP contribution < -0.4 is 11.1 Å². The number of para-hydroxylation sites is 1. The SMILES string of the molecule is NC(=O)c1ccc(NC(=O)CS(=O)(=O)c2cn(CC(=O)N3CCCCCC3)c3ccccc23)cc1. The number of aromatic nitrogens is 1. The van der Waals surface area contributed by atoms with Crippen LogP contribution in [0.2, 0.25) is 0 Å². The van der Waals surface area contributed by atoms with E-state index >= 15 is 0 Å². The number of anilines is 1. The fourth-order valence-corrected chi connectivity index (χ4v) is 5.69. The average molecular weight is 497 g/mol. The Morgan fingerprint density at radius 3 is 2.23 bits per heavy atom. The smallest absolute Gasteiger partial charge is 0.248 e. The van der Waals surface area contributed by atoms with Gasteiger partial charge in [-0.3, -0.25) is 14.4 Å². The molecule has 9 nitrogen and oxygen atoms in total. The number of sulfone groups is 1. The molecule has 3 aromatic rings. The molecule has 1 aliphatic heterocycles. The summed E-state index contributed by atoms with van der Waals surface area (Å²) in [6.45, 7) is 1.46. The molecule has 2 aromatic carbocycles. The van der Waals surface area contributed by atoms with Gasteiger partial charge in [-0.2, -0.15) is 0 Å². The van der Waals surface area contributed by atoms with E-state index in [4.69, 9.17) is 5.73 Å². The van der Waals surface area contributed by atoms with Crippen molar-refractivity contribution in [3.05, 3.63) is 60.3 Å². The summed E-state index contributed by atoms with van der Waals surface area (Å²) in [4.78, 5) is 38.5. The minimum Gasteiger partial charge on any atom is -0.366 e. The highest BCUT2D eigenvalue weighted by molar-refractivity contribution is 7.92. The Balaban J connectivity index is 1.53. The van der Waals surface area contributed by atoms with Crippen molar-refractivity contribution in [3.63, 3.8) is 0 Å². The van der Waals surface area contributed by atoms with Crippen molar-refractivity contribution in [1.29, 1.82) is 0 Å². The van der Waals surface area contributed by atoms with Crippen molar-refractivity contribution in [1.82, 2.24) is 9.47 Å². The van der Waals surface area contributed by atoms with Crippen LogP contribution in [0.3, 0.4) is 0 Å². The van der Waals surface area contributed by atoms with E-state index in [2.05, 4.69) is 5.32 Å². The minimum absolute atomic E-state index is 0.0102. The lowest BCUT2D eigenvalue weighted by Gasteiger charge is -2.20. The molecule has 0 spiro atoms. The Morgan fingerprint density at radius 2 is 1.57 bits per heavy atom. The minimum atomic E-state index is -4.01. The highest BCUT2D eigenvalue weighted by Crippen LogP contribution is 2.27. The van der Waals surface area contributed by atoms with Crippen molar-refractivity contribution in [2.45, 2.75) is 37.1 Å². The molecule has 4 rings (SSSR count). The van der Waals surface area contributed by atoms with Gasteiger partial charge in [0.1, 0.15) is 12.3 Å². The fourth-order valence-electron chi connectivity index (χ4n) is 4.32. The third-order valence-electron chi connectivity index (χ3n) is 6.13. The summed E-state index contributed by atoms with van der Waals surface area (Å²) in [6.07, 6.45) is 5.60. The summed E-state index contributed by atoms with van der Waals surface area (Å²) in [7, 11) is -4.01. The average Bonchev–Trinajstić information content (AvgIpc) is 2.99. The number of likely N-dealkylation sites (tertiary alicyclic amines) is 1. The van der Waals surface area contributed by atoms with Crippen molar-refractivity contribution in [3.8, 4) is 0 Å². The van der Waals surface area contributed by atoms with E-state index in [9.17, 15) is 22.8 Å². The van der Waals surface area contributed by atoms with Gasteiger partial charge in [0.05, 0.1) is 4.90 Å². The molecule has 3 amide bonds. The Hall–Kier alpha value is -3.66. The van der Waals surface area contributed by atoms with Gasteiger partial charge < -0.3 is 20.5 Å². The van der Waals surface area contributed by atoms with Crippen LogP contribution >= 0.6 is 0 Å². The van der Waals surface area contributed by atoms with E-state index in [0.717, 1.165) is 25.7 Å². The highest BCUT2D eigenvalue weighted by Gasteiger charge is 2.26. The van der Waals surface area contributed by atoms with Crippen LogP contribution in [0.15, 0.2) is 59.6 Å². The molecule has 184 valence electrons. The molecule has 0 radical (unpaired) electrons. The first-order valence-electron chi connectivity index (χ1n) is 11.5. The Bertz CT molecular complexity index is 1350. The third kappa shape index (κ3) is 5.71. The molecular weight excluding hydrogens is 468 g/mol. The van der Waals surface area contributed by atoms with E-state index in [1.54, 1.807) is 28.8 Å². The Labute approximate surface area is 203 Å². The third-order valence-corrected chi connectivity index (χ3v) is 7.76. The van der Waals surface area contributed by atoms with Gasteiger partial charge in [-0.1, -0.05) is 31.0 Å². The molecule has 1 saturated heterocycles. The monoisotopic (exact) mass is 496 g/mol. The molecule has 1 fully saturated rings. The number of nitrogens with zero attached hydrogens (tertiary/aromatic N) is 2. The maximum absolute atomic E-state index is 13.2. The zero-order valence-electron chi connectivity index (χ0n) is 19.3. The molecule has 1 aromatic heterocycles. The predicted molar refractivity (Wildman–Crippen MR) is 133 cm³/mol. The predicted octanol–water partition coefficient (Wildman–Crippen LogP) is 2.56. The zero-order chi connectivity index (χ0) is 25.0. The number of hydrogen-bond acceptors (Lipinski definition) is 5. The maximum Gasteiger partial charge on any atom is 0.248 e. The van der Waals surface area contributed by atoms with Gasteiger partial charge in [-0.05, 0) is 43.2 Å². The molecule has 0 bridgehead atoms. The van der Waals surface area contributed by atoms with E-state index in [-0.39, 0.29) is 22.9 Å². The molecule has 35 heavy (non-hydrogen) atoms. The summed E-state index contributed by atoms with van der Waals surface area (Å²) in [5, 5.41) is 3.00. The van der Waals surface area contributed by atoms with Gasteiger partial charge in [0, 0.05) is 41.4 Å². The maximum atomic E-state index is 13.2. The number of carbonyl (C=O) groups excluding carboxylic acids is 3. The van der Waals surface area contributed by atoms with Crippen LogP contribution in [0.4, 0.5) is 5.69 Å². The normalized spacial score (nSPS) is 14.5. The van der Waals surface area contributed by atoms with E-state index < -0.39 is 27.4 Å². The van der Waals surface area contributed by atoms with E-state index in [1.807, 2.05) is 4.90 Å². The molecule has 10 heteroatoms. The second-order valence-electron chi connectivity index (χ2n) is 8.68. The molecule has 0 atom stereocenters. The number of carbonyl (C=O) groups is 3. The topological polar surface area (TPSA) is 132 Å². The number of fused-ring (bicyclic) bond motifs is 1. The van der Waals surface area contributed by atoms with Gasteiger partial charge in [-0.25, -0.2) is 8.42 Å². The molecule has 1 aliphatic rings. The fraction of sp³-hybridized carbons (Fsp3) is 0.320. The van der Waals surface area contributed by atoms with Crippen LogP contribution in [-0.4, -0.2) is 54.4 Å². The largest absolute Gasteiger partial charge is 0.366 e. The summed E-state index contributed by atoms with van der Waals surface area (Å²) >= 11 is 0. The van der Waals surface area contributed by atoms with Crippen molar-refractivity contribution in [2.24, 2.45) is 5.73 Å². The standard InChI is InChI=1S/C25H28N4O5S/c26-25(32)18-9-11-19(12-10-18)27-23(30)17-35(33,34)22-15-29(21-8-4-3-7-20(21)22)16-24(31)28-13-5-1-2-6-14-28/h3-4,7-12,15H,1-2,5-6,13-14,16-17H2,(H2,26,32)(H,27,30). The quantitative estimate of drug-likeness (QED) is 0.519. The second kappa shape index (κ2) is 10.3. The number of nitrogens with two attached hydrogens (primary N) is 1. The van der Waals surface area contributed by atoms with E-state index in [0.29, 0.717) is 29.7 Å². The summed E-state index contributed by atoms with van der Waals surface area (Å²) in [6, 6.07) is 12.8. The number of amides is 3. The zero-order valence-corrected chi connectivity index (χ0v) is 20.1. The van der Waals surface area contributed by atoms with Crippen LogP contribution in [0.1, 0.15) is 36.0 Å². The summed E-state index contributed by atoms with van der Waals surface area (Å²) in [5.41, 5.74) is 6.45. The van der Waals surface area contributed by atoms with Gasteiger partial charge >= 0.3 is 0 Å². The van der Waals surface area contributed by atoms with Crippen LogP contribution in [0.5, 0.6) is 0 Å². The van der Waals surface area contributed by atoms with Gasteiger partial charge in [0.15, 0.2) is 9.84 Å². The lowest BCUT2D eigenvalue weighted by molar-refractivity contribution is -0.131. The lowest BCUT2D eigenvalue weighted by Crippen LogP contribution is -2.34. The number of benzene rings is 2. The van der Waals surface area contributed by atoms with Crippen molar-refractivity contribution in [2.75, 3.05) is 24.2 Å². The van der Waals surface area contributed by atoms with Gasteiger partial charge in [0.25, 0.3) is 0 Å². The van der Waals surface area contributed by atoms with E-state index in [1.165, 1.54) is 30.5 Å². The number of rotatable bonds is 7. The van der Waals surface area contributed by atoms with Crippen LogP contribution in [-0.2, 0) is 26.0 Å². The number of primary amides is 1.